The lowest BCUT2D eigenvalue weighted by Crippen LogP contribution is -2.29. The van der Waals surface area contributed by atoms with Gasteiger partial charge in [0.1, 0.15) is 6.61 Å². The van der Waals surface area contributed by atoms with E-state index in [0.29, 0.717) is 34.0 Å². The van der Waals surface area contributed by atoms with Crippen LogP contribution < -0.4 is 5.32 Å². The number of methoxy groups -OCH3 is 1. The van der Waals surface area contributed by atoms with Gasteiger partial charge in [0, 0.05) is 17.8 Å². The van der Waals surface area contributed by atoms with Crippen molar-refractivity contribution in [1.82, 2.24) is 5.32 Å². The summed E-state index contributed by atoms with van der Waals surface area (Å²) >= 11 is 8.04. The van der Waals surface area contributed by atoms with Crippen LogP contribution in [0.25, 0.3) is 0 Å². The fraction of sp³-hybridized carbons (Fsp3) is 0.429. The van der Waals surface area contributed by atoms with Crippen molar-refractivity contribution in [3.63, 3.8) is 0 Å². The van der Waals surface area contributed by atoms with Crippen molar-refractivity contribution >= 4 is 29.3 Å². The third-order valence-electron chi connectivity index (χ3n) is 4.35. The second-order valence-electron chi connectivity index (χ2n) is 6.30. The molecule has 1 aliphatic rings. The van der Waals surface area contributed by atoms with Crippen molar-refractivity contribution in [1.29, 1.82) is 5.26 Å². The number of hydrogen-bond acceptors (Lipinski definition) is 6. The highest BCUT2D eigenvalue weighted by Gasteiger charge is 2.36. The molecule has 1 heterocycles. The van der Waals surface area contributed by atoms with Gasteiger partial charge in [-0.25, -0.2) is 4.79 Å². The molecule has 150 valence electrons. The molecule has 0 saturated heterocycles. The van der Waals surface area contributed by atoms with Gasteiger partial charge in [0.05, 0.1) is 34.8 Å². The molecule has 0 aliphatic carbocycles. The number of allylic oxidation sites excluding steroid dienone is 2. The van der Waals surface area contributed by atoms with Crippen molar-refractivity contribution in [2.45, 2.75) is 32.6 Å². The quantitative estimate of drug-likeness (QED) is 0.458. The maximum Gasteiger partial charge on any atom is 0.336 e. The maximum absolute atomic E-state index is 12.8. The van der Waals surface area contributed by atoms with E-state index < -0.39 is 11.9 Å². The van der Waals surface area contributed by atoms with E-state index in [9.17, 15) is 10.1 Å². The minimum atomic E-state index is -0.570. The number of ether oxygens (including phenoxy) is 2. The minimum Gasteiger partial charge on any atom is -0.460 e. The summed E-state index contributed by atoms with van der Waals surface area (Å²) in [6.45, 7) is 4.40. The summed E-state index contributed by atoms with van der Waals surface area (Å²) in [5.74, 6) is -0.156. The highest BCUT2D eigenvalue weighted by Crippen LogP contribution is 2.43. The molecule has 1 aliphatic heterocycles. The van der Waals surface area contributed by atoms with Crippen LogP contribution in [-0.4, -0.2) is 32.0 Å². The molecule has 0 aromatic heterocycles. The lowest BCUT2D eigenvalue weighted by Gasteiger charge is -2.29. The van der Waals surface area contributed by atoms with Crippen LogP contribution in [0.2, 0.25) is 5.02 Å². The average molecular weight is 421 g/mol. The Balaban J connectivity index is 2.49. The Morgan fingerprint density at radius 2 is 2.11 bits per heavy atom. The molecule has 1 N–H and O–H groups in total. The molecule has 0 amide bonds. The molecular weight excluding hydrogens is 396 g/mol. The first-order valence-electron chi connectivity index (χ1n) is 9.20. The van der Waals surface area contributed by atoms with Crippen LogP contribution >= 0.6 is 23.4 Å². The van der Waals surface area contributed by atoms with Crippen LogP contribution in [-0.2, 0) is 14.3 Å². The van der Waals surface area contributed by atoms with Gasteiger partial charge in [-0.15, -0.1) is 11.8 Å². The van der Waals surface area contributed by atoms with E-state index in [2.05, 4.69) is 18.3 Å². The van der Waals surface area contributed by atoms with Crippen molar-refractivity contribution in [3.05, 3.63) is 56.7 Å². The summed E-state index contributed by atoms with van der Waals surface area (Å²) in [7, 11) is 1.55. The van der Waals surface area contributed by atoms with Gasteiger partial charge in [0.25, 0.3) is 0 Å². The molecule has 0 saturated carbocycles. The summed E-state index contributed by atoms with van der Waals surface area (Å²) in [5.41, 5.74) is 2.28. The number of dihydropyridines is 1. The number of carbonyl (C=O) groups excluding carboxylic acids is 1. The molecule has 0 radical (unpaired) electrons. The number of thioether (sulfide) groups is 1. The van der Waals surface area contributed by atoms with Crippen molar-refractivity contribution in [3.8, 4) is 6.07 Å². The third kappa shape index (κ3) is 5.32. The first-order valence-corrected chi connectivity index (χ1v) is 10.6. The monoisotopic (exact) mass is 420 g/mol. The highest BCUT2D eigenvalue weighted by atomic mass is 35.5. The Labute approximate surface area is 175 Å². The zero-order valence-corrected chi connectivity index (χ0v) is 18.0. The zero-order valence-electron chi connectivity index (χ0n) is 16.4. The molecule has 28 heavy (non-hydrogen) atoms. The summed E-state index contributed by atoms with van der Waals surface area (Å²) in [6.07, 6.45) is 2.11. The maximum atomic E-state index is 12.8. The molecule has 7 heteroatoms. The SMILES string of the molecule is CCCCSC1=C(C#N)[C@@H](c2ccccc2Cl)C(C(=O)OCCOC)=C(C)N1. The number of nitriles is 1. The number of rotatable bonds is 9. The van der Waals surface area contributed by atoms with Gasteiger partial charge >= 0.3 is 5.97 Å². The lowest BCUT2D eigenvalue weighted by atomic mass is 9.82. The Bertz CT molecular complexity index is 814. The number of esters is 1. The van der Waals surface area contributed by atoms with Crippen LogP contribution in [0.4, 0.5) is 0 Å². The largest absolute Gasteiger partial charge is 0.460 e. The Morgan fingerprint density at radius 3 is 2.75 bits per heavy atom. The molecular formula is C21H25ClN2O3S. The van der Waals surface area contributed by atoms with Crippen LogP contribution in [0.3, 0.4) is 0 Å². The molecule has 2 rings (SSSR count). The smallest absolute Gasteiger partial charge is 0.336 e. The fourth-order valence-electron chi connectivity index (χ4n) is 2.93. The number of unbranched alkanes of at least 4 members (excludes halogenated alkanes) is 1. The molecule has 1 aromatic rings. The molecule has 1 aromatic carbocycles. The van der Waals surface area contributed by atoms with E-state index in [4.69, 9.17) is 21.1 Å². The van der Waals surface area contributed by atoms with Crippen LogP contribution in [0, 0.1) is 11.3 Å². The number of carbonyl (C=O) groups is 1. The fourth-order valence-corrected chi connectivity index (χ4v) is 4.36. The molecule has 0 unspecified atom stereocenters. The first kappa shape index (κ1) is 22.4. The lowest BCUT2D eigenvalue weighted by molar-refractivity contribution is -0.140. The zero-order chi connectivity index (χ0) is 20.5. The van der Waals surface area contributed by atoms with E-state index in [1.54, 1.807) is 24.9 Å². The summed E-state index contributed by atoms with van der Waals surface area (Å²) in [4.78, 5) is 12.8. The number of nitrogens with zero attached hydrogens (tertiary/aromatic N) is 1. The second-order valence-corrected chi connectivity index (χ2v) is 7.82. The van der Waals surface area contributed by atoms with Gasteiger partial charge in [0.2, 0.25) is 0 Å². The molecule has 0 bridgehead atoms. The van der Waals surface area contributed by atoms with Crippen LogP contribution in [0.15, 0.2) is 46.1 Å². The van der Waals surface area contributed by atoms with Crippen molar-refractivity contribution in [2.75, 3.05) is 26.1 Å². The summed E-state index contributed by atoms with van der Waals surface area (Å²) in [5, 5.41) is 14.5. The van der Waals surface area contributed by atoms with Crippen molar-refractivity contribution < 1.29 is 14.3 Å². The topological polar surface area (TPSA) is 71.4 Å². The van der Waals surface area contributed by atoms with Crippen molar-refractivity contribution in [2.24, 2.45) is 0 Å². The number of hydrogen-bond donors (Lipinski definition) is 1. The van der Waals surface area contributed by atoms with E-state index in [1.807, 2.05) is 25.1 Å². The van der Waals surface area contributed by atoms with E-state index >= 15 is 0 Å². The van der Waals surface area contributed by atoms with Crippen LogP contribution in [0.5, 0.6) is 0 Å². The Kier molecular flexibility index (Phi) is 8.91. The number of halogens is 1. The van der Waals surface area contributed by atoms with Gasteiger partial charge < -0.3 is 14.8 Å². The van der Waals surface area contributed by atoms with E-state index in [-0.39, 0.29) is 6.61 Å². The Morgan fingerprint density at radius 1 is 1.36 bits per heavy atom. The Hall–Kier alpha value is -1.94. The molecule has 0 spiro atoms. The van der Waals surface area contributed by atoms with E-state index in [0.717, 1.165) is 23.6 Å². The summed E-state index contributed by atoms with van der Waals surface area (Å²) in [6, 6.07) is 9.59. The predicted octanol–water partition coefficient (Wildman–Crippen LogP) is 4.76. The highest BCUT2D eigenvalue weighted by molar-refractivity contribution is 8.03. The van der Waals surface area contributed by atoms with Gasteiger partial charge in [-0.2, -0.15) is 5.26 Å². The van der Waals surface area contributed by atoms with Crippen LogP contribution in [0.1, 0.15) is 38.2 Å². The first-order chi connectivity index (χ1) is 13.5. The van der Waals surface area contributed by atoms with Gasteiger partial charge in [0.15, 0.2) is 0 Å². The molecule has 1 atom stereocenters. The average Bonchev–Trinajstić information content (AvgIpc) is 2.68. The normalized spacial score (nSPS) is 16.6. The summed E-state index contributed by atoms with van der Waals surface area (Å²) < 4.78 is 10.3. The van der Waals surface area contributed by atoms with Gasteiger partial charge in [-0.3, -0.25) is 0 Å². The third-order valence-corrected chi connectivity index (χ3v) is 5.80. The van der Waals surface area contributed by atoms with Gasteiger partial charge in [-0.05, 0) is 30.7 Å². The standard InChI is InChI=1S/C21H25ClN2O3S/c1-4-5-12-28-20-16(13-23)19(15-8-6-7-9-17(15)22)18(14(2)24-20)21(25)27-11-10-26-3/h6-9,19,24H,4-5,10-12H2,1-3H3/t19-/m1/s1. The number of benzene rings is 1. The second kappa shape index (κ2) is 11.2. The van der Waals surface area contributed by atoms with E-state index in [1.165, 1.54) is 0 Å². The number of nitrogens with one attached hydrogen (secondary N) is 1. The minimum absolute atomic E-state index is 0.144. The van der Waals surface area contributed by atoms with Gasteiger partial charge in [-0.1, -0.05) is 43.1 Å². The molecule has 0 fully saturated rings. The molecule has 5 nitrogen and oxygen atoms in total. The predicted molar refractivity (Wildman–Crippen MR) is 113 cm³/mol.